The molecule has 0 aromatic heterocycles. The molecule has 1 atom stereocenters. The first-order chi connectivity index (χ1) is 10.7. The number of carbonyl (C=O) groups excluding carboxylic acids is 1. The van der Waals surface area contributed by atoms with Crippen LogP contribution < -0.4 is 5.32 Å². The molecule has 9 heteroatoms. The minimum atomic E-state index is -5.39. The maximum atomic E-state index is 12.5. The van der Waals surface area contributed by atoms with E-state index < -0.39 is 20.2 Å². The topological polar surface area (TPSA) is 66.5 Å². The molecular formula is C14H17F3N2O3S. The van der Waals surface area contributed by atoms with Crippen LogP contribution in [-0.4, -0.2) is 50.9 Å². The lowest BCUT2D eigenvalue weighted by Gasteiger charge is -2.24. The number of halogens is 3. The van der Waals surface area contributed by atoms with E-state index in [0.717, 1.165) is 37.1 Å². The molecule has 0 radical (unpaired) electrons. The zero-order valence-electron chi connectivity index (χ0n) is 12.4. The fourth-order valence-electron chi connectivity index (χ4n) is 2.63. The Morgan fingerprint density at radius 3 is 2.43 bits per heavy atom. The minimum Gasteiger partial charge on any atom is -0.334 e. The normalized spacial score (nSPS) is 19.1. The molecule has 1 aromatic carbocycles. The van der Waals surface area contributed by atoms with Gasteiger partial charge in [0.05, 0.1) is 4.90 Å². The SMILES string of the molecule is CNC[C@H]1CCCN1C(=O)c1ccc(S(=O)(=O)C(F)(F)F)cc1. The van der Waals surface area contributed by atoms with Gasteiger partial charge in [-0.15, -0.1) is 0 Å². The highest BCUT2D eigenvalue weighted by Gasteiger charge is 2.46. The molecule has 1 aliphatic heterocycles. The number of nitrogens with zero attached hydrogens (tertiary/aromatic N) is 1. The second-order valence-electron chi connectivity index (χ2n) is 5.33. The third-order valence-corrected chi connectivity index (χ3v) is 5.30. The third kappa shape index (κ3) is 3.50. The number of alkyl halides is 3. The van der Waals surface area contributed by atoms with Gasteiger partial charge in [0.15, 0.2) is 0 Å². The van der Waals surface area contributed by atoms with Crippen molar-refractivity contribution in [2.75, 3.05) is 20.1 Å². The Morgan fingerprint density at radius 1 is 1.30 bits per heavy atom. The molecular weight excluding hydrogens is 333 g/mol. The van der Waals surface area contributed by atoms with Crippen molar-refractivity contribution in [3.05, 3.63) is 29.8 Å². The quantitative estimate of drug-likeness (QED) is 0.899. The lowest BCUT2D eigenvalue weighted by atomic mass is 10.1. The predicted molar refractivity (Wildman–Crippen MR) is 77.7 cm³/mol. The standard InChI is InChI=1S/C14H17F3N2O3S/c1-18-9-11-3-2-8-19(11)13(20)10-4-6-12(7-5-10)23(21,22)14(15,16)17/h4-7,11,18H,2-3,8-9H2,1H3/t11-/m1/s1. The van der Waals surface area contributed by atoms with Crippen molar-refractivity contribution in [3.8, 4) is 0 Å². The first-order valence-electron chi connectivity index (χ1n) is 7.05. The summed E-state index contributed by atoms with van der Waals surface area (Å²) in [4.78, 5) is 13.2. The van der Waals surface area contributed by atoms with E-state index in [9.17, 15) is 26.4 Å². The highest BCUT2D eigenvalue weighted by molar-refractivity contribution is 7.92. The first-order valence-corrected chi connectivity index (χ1v) is 8.54. The van der Waals surface area contributed by atoms with Crippen LogP contribution >= 0.6 is 0 Å². The Morgan fingerprint density at radius 2 is 1.91 bits per heavy atom. The Hall–Kier alpha value is -1.61. The molecule has 0 spiro atoms. The number of nitrogens with one attached hydrogen (secondary N) is 1. The Kier molecular flexibility index (Phi) is 5.00. The zero-order chi connectivity index (χ0) is 17.3. The van der Waals surface area contributed by atoms with Gasteiger partial charge >= 0.3 is 5.51 Å². The number of sulfone groups is 1. The molecule has 2 rings (SSSR count). The van der Waals surface area contributed by atoms with Gasteiger partial charge in [0.1, 0.15) is 0 Å². The highest BCUT2D eigenvalue weighted by atomic mass is 32.2. The van der Waals surface area contributed by atoms with Crippen molar-refractivity contribution in [1.29, 1.82) is 0 Å². The zero-order valence-corrected chi connectivity index (χ0v) is 13.2. The van der Waals surface area contributed by atoms with Crippen molar-refractivity contribution in [2.24, 2.45) is 0 Å². The van der Waals surface area contributed by atoms with Gasteiger partial charge in [0.2, 0.25) is 0 Å². The number of hydrogen-bond acceptors (Lipinski definition) is 4. The van der Waals surface area contributed by atoms with Crippen molar-refractivity contribution in [1.82, 2.24) is 10.2 Å². The fourth-order valence-corrected chi connectivity index (χ4v) is 3.39. The first kappa shape index (κ1) is 17.7. The average molecular weight is 350 g/mol. The summed E-state index contributed by atoms with van der Waals surface area (Å²) >= 11 is 0. The number of hydrogen-bond donors (Lipinski definition) is 1. The van der Waals surface area contributed by atoms with Crippen LogP contribution in [0.1, 0.15) is 23.2 Å². The summed E-state index contributed by atoms with van der Waals surface area (Å²) in [6.45, 7) is 1.21. The van der Waals surface area contributed by atoms with Gasteiger partial charge < -0.3 is 10.2 Å². The summed E-state index contributed by atoms with van der Waals surface area (Å²) in [6, 6.07) is 3.91. The monoisotopic (exact) mass is 350 g/mol. The molecule has 1 aliphatic rings. The van der Waals surface area contributed by atoms with E-state index in [1.807, 2.05) is 0 Å². The van der Waals surface area contributed by atoms with E-state index in [1.54, 1.807) is 11.9 Å². The van der Waals surface area contributed by atoms with E-state index >= 15 is 0 Å². The van der Waals surface area contributed by atoms with Crippen LogP contribution in [0.25, 0.3) is 0 Å². The van der Waals surface area contributed by atoms with Crippen LogP contribution in [-0.2, 0) is 9.84 Å². The van der Waals surface area contributed by atoms with Crippen molar-refractivity contribution >= 4 is 15.7 Å². The molecule has 1 amide bonds. The Labute approximate surface area is 132 Å². The van der Waals surface area contributed by atoms with Crippen LogP contribution in [0.3, 0.4) is 0 Å². The minimum absolute atomic E-state index is 0.0334. The molecule has 0 bridgehead atoms. The van der Waals surface area contributed by atoms with Crippen molar-refractivity contribution < 1.29 is 26.4 Å². The molecule has 0 aliphatic carbocycles. The van der Waals surface area contributed by atoms with Crippen LogP contribution in [0.2, 0.25) is 0 Å². The molecule has 1 N–H and O–H groups in total. The summed E-state index contributed by atoms with van der Waals surface area (Å²) < 4.78 is 60.1. The largest absolute Gasteiger partial charge is 0.501 e. The lowest BCUT2D eigenvalue weighted by molar-refractivity contribution is -0.0436. The van der Waals surface area contributed by atoms with Crippen LogP contribution in [0.15, 0.2) is 29.2 Å². The fraction of sp³-hybridized carbons (Fsp3) is 0.500. The summed E-state index contributed by atoms with van der Waals surface area (Å²) in [5.74, 6) is -0.307. The van der Waals surface area contributed by atoms with Crippen LogP contribution in [0, 0.1) is 0 Å². The molecule has 1 heterocycles. The number of likely N-dealkylation sites (tertiary alicyclic amines) is 1. The molecule has 1 aromatic rings. The molecule has 0 unspecified atom stereocenters. The van der Waals surface area contributed by atoms with Gasteiger partial charge in [-0.25, -0.2) is 8.42 Å². The molecule has 5 nitrogen and oxygen atoms in total. The number of benzene rings is 1. The third-order valence-electron chi connectivity index (χ3n) is 3.79. The maximum absolute atomic E-state index is 12.5. The average Bonchev–Trinajstić information content (AvgIpc) is 2.94. The van der Waals surface area contributed by atoms with E-state index in [0.29, 0.717) is 13.1 Å². The second-order valence-corrected chi connectivity index (χ2v) is 7.27. The molecule has 23 heavy (non-hydrogen) atoms. The highest BCUT2D eigenvalue weighted by Crippen LogP contribution is 2.30. The van der Waals surface area contributed by atoms with E-state index in [2.05, 4.69) is 5.32 Å². The van der Waals surface area contributed by atoms with E-state index in [-0.39, 0.29) is 17.5 Å². The van der Waals surface area contributed by atoms with Gasteiger partial charge in [0, 0.05) is 24.7 Å². The molecule has 1 saturated heterocycles. The smallest absolute Gasteiger partial charge is 0.334 e. The van der Waals surface area contributed by atoms with Crippen LogP contribution in [0.4, 0.5) is 13.2 Å². The molecule has 1 fully saturated rings. The maximum Gasteiger partial charge on any atom is 0.501 e. The van der Waals surface area contributed by atoms with Gasteiger partial charge in [-0.1, -0.05) is 0 Å². The predicted octanol–water partition coefficient (Wildman–Crippen LogP) is 1.80. The number of amides is 1. The lowest BCUT2D eigenvalue weighted by Crippen LogP contribution is -2.40. The Balaban J connectivity index is 2.21. The number of likely N-dealkylation sites (N-methyl/N-ethyl adjacent to an activating group) is 1. The second kappa shape index (κ2) is 6.48. The number of carbonyl (C=O) groups is 1. The van der Waals surface area contributed by atoms with Crippen molar-refractivity contribution in [2.45, 2.75) is 29.3 Å². The van der Waals surface area contributed by atoms with Gasteiger partial charge in [-0.3, -0.25) is 4.79 Å². The van der Waals surface area contributed by atoms with Gasteiger partial charge in [-0.05, 0) is 44.2 Å². The molecule has 128 valence electrons. The van der Waals surface area contributed by atoms with Gasteiger partial charge in [-0.2, -0.15) is 13.2 Å². The van der Waals surface area contributed by atoms with E-state index in [1.165, 1.54) is 0 Å². The summed E-state index contributed by atoms with van der Waals surface area (Å²) in [5.41, 5.74) is -5.18. The van der Waals surface area contributed by atoms with Crippen molar-refractivity contribution in [3.63, 3.8) is 0 Å². The molecule has 0 saturated carbocycles. The Bertz CT molecular complexity index is 672. The summed E-state index contributed by atoms with van der Waals surface area (Å²) in [5, 5.41) is 2.99. The van der Waals surface area contributed by atoms with E-state index in [4.69, 9.17) is 0 Å². The number of rotatable bonds is 4. The summed E-state index contributed by atoms with van der Waals surface area (Å²) in [6.07, 6.45) is 1.71. The van der Waals surface area contributed by atoms with Gasteiger partial charge in [0.25, 0.3) is 15.7 Å². The summed E-state index contributed by atoms with van der Waals surface area (Å²) in [7, 11) is -3.62. The van der Waals surface area contributed by atoms with Crippen LogP contribution in [0.5, 0.6) is 0 Å².